The molecule has 21 heavy (non-hydrogen) atoms. The third kappa shape index (κ3) is 3.73. The van der Waals surface area contributed by atoms with Crippen LogP contribution in [0, 0.1) is 0 Å². The van der Waals surface area contributed by atoms with Crippen molar-refractivity contribution in [2.45, 2.75) is 33.2 Å². The molecule has 0 saturated heterocycles. The maximum atomic E-state index is 5.89. The molecule has 1 heterocycles. The molecule has 0 aliphatic rings. The predicted octanol–water partition coefficient (Wildman–Crippen LogP) is 3.47. The van der Waals surface area contributed by atoms with Gasteiger partial charge in [0.05, 0.1) is 7.11 Å². The van der Waals surface area contributed by atoms with Gasteiger partial charge in [0.1, 0.15) is 0 Å². The molecule has 112 valence electrons. The number of methoxy groups -OCH3 is 1. The van der Waals surface area contributed by atoms with Crippen molar-refractivity contribution >= 4 is 0 Å². The summed E-state index contributed by atoms with van der Waals surface area (Å²) in [5.41, 5.74) is 8.91. The van der Waals surface area contributed by atoms with Crippen LogP contribution in [0.5, 0.6) is 17.4 Å². The zero-order chi connectivity index (χ0) is 15.2. The van der Waals surface area contributed by atoms with Crippen LogP contribution in [0.25, 0.3) is 0 Å². The minimum atomic E-state index is 0.470. The number of nitrogens with two attached hydrogens (primary N) is 1. The van der Waals surface area contributed by atoms with Crippen molar-refractivity contribution in [1.82, 2.24) is 4.98 Å². The van der Waals surface area contributed by atoms with Gasteiger partial charge in [-0.1, -0.05) is 19.9 Å². The number of benzene rings is 1. The van der Waals surface area contributed by atoms with Crippen LogP contribution in [-0.2, 0) is 19.4 Å². The first-order chi connectivity index (χ1) is 10.2. The first-order valence-electron chi connectivity index (χ1n) is 7.24. The molecule has 0 fully saturated rings. The van der Waals surface area contributed by atoms with Gasteiger partial charge < -0.3 is 15.2 Å². The molecule has 0 radical (unpaired) electrons. The van der Waals surface area contributed by atoms with Gasteiger partial charge >= 0.3 is 0 Å². The number of ether oxygens (including phenoxy) is 2. The molecule has 4 nitrogen and oxygen atoms in total. The Morgan fingerprint density at radius 2 is 1.81 bits per heavy atom. The highest BCUT2D eigenvalue weighted by Crippen LogP contribution is 2.32. The zero-order valence-electron chi connectivity index (χ0n) is 12.8. The van der Waals surface area contributed by atoms with Crippen LogP contribution in [0.4, 0.5) is 0 Å². The number of aryl methyl sites for hydroxylation is 2. The first-order valence-corrected chi connectivity index (χ1v) is 7.24. The zero-order valence-corrected chi connectivity index (χ0v) is 12.8. The van der Waals surface area contributed by atoms with Gasteiger partial charge in [0.2, 0.25) is 5.88 Å². The third-order valence-corrected chi connectivity index (χ3v) is 3.36. The second kappa shape index (κ2) is 7.09. The second-order valence-electron chi connectivity index (χ2n) is 4.80. The molecule has 0 bridgehead atoms. The van der Waals surface area contributed by atoms with E-state index in [0.717, 1.165) is 24.1 Å². The van der Waals surface area contributed by atoms with Gasteiger partial charge in [-0.15, -0.1) is 0 Å². The fourth-order valence-electron chi connectivity index (χ4n) is 2.10. The van der Waals surface area contributed by atoms with Crippen LogP contribution < -0.4 is 15.2 Å². The standard InChI is InChI=1S/C17H22N2O2/c1-4-12-6-7-15(16(9-12)20-3)21-17-10-13(11-18)8-14(5-2)19-17/h6-10H,4-5,11,18H2,1-3H3. The lowest BCUT2D eigenvalue weighted by Gasteiger charge is -2.12. The van der Waals surface area contributed by atoms with E-state index in [1.807, 2.05) is 30.3 Å². The Morgan fingerprint density at radius 1 is 1.00 bits per heavy atom. The lowest BCUT2D eigenvalue weighted by Crippen LogP contribution is -2.01. The van der Waals surface area contributed by atoms with Crippen molar-refractivity contribution in [2.75, 3.05) is 7.11 Å². The fraction of sp³-hybridized carbons (Fsp3) is 0.353. The summed E-state index contributed by atoms with van der Waals surface area (Å²) >= 11 is 0. The predicted molar refractivity (Wildman–Crippen MR) is 84.0 cm³/mol. The Bertz CT molecular complexity index is 589. The molecule has 1 aromatic carbocycles. The van der Waals surface area contributed by atoms with Gasteiger partial charge in [0, 0.05) is 18.3 Å². The lowest BCUT2D eigenvalue weighted by atomic mass is 10.1. The number of rotatable bonds is 6. The van der Waals surface area contributed by atoms with Gasteiger partial charge in [-0.3, -0.25) is 0 Å². The molecule has 0 unspecified atom stereocenters. The third-order valence-electron chi connectivity index (χ3n) is 3.36. The molecule has 0 saturated carbocycles. The molecule has 2 N–H and O–H groups in total. The molecule has 4 heteroatoms. The first kappa shape index (κ1) is 15.3. The van der Waals surface area contributed by atoms with Crippen molar-refractivity contribution in [2.24, 2.45) is 5.73 Å². The molecular weight excluding hydrogens is 264 g/mol. The van der Waals surface area contributed by atoms with E-state index in [-0.39, 0.29) is 0 Å². The monoisotopic (exact) mass is 286 g/mol. The van der Waals surface area contributed by atoms with E-state index < -0.39 is 0 Å². The number of nitrogens with zero attached hydrogens (tertiary/aromatic N) is 1. The Morgan fingerprint density at radius 3 is 2.43 bits per heavy atom. The molecule has 0 spiro atoms. The SMILES string of the molecule is CCc1ccc(Oc2cc(CN)cc(CC)n2)c(OC)c1. The van der Waals surface area contributed by atoms with E-state index in [0.29, 0.717) is 23.9 Å². The summed E-state index contributed by atoms with van der Waals surface area (Å²) in [5, 5.41) is 0. The van der Waals surface area contributed by atoms with E-state index in [4.69, 9.17) is 15.2 Å². The number of hydrogen-bond acceptors (Lipinski definition) is 4. The highest BCUT2D eigenvalue weighted by molar-refractivity contribution is 5.45. The molecule has 0 aliphatic heterocycles. The van der Waals surface area contributed by atoms with Crippen LogP contribution in [0.1, 0.15) is 30.7 Å². The van der Waals surface area contributed by atoms with Gasteiger partial charge in [-0.25, -0.2) is 4.98 Å². The molecule has 1 aromatic heterocycles. The summed E-state index contributed by atoms with van der Waals surface area (Å²) in [6, 6.07) is 9.81. The highest BCUT2D eigenvalue weighted by Gasteiger charge is 2.09. The highest BCUT2D eigenvalue weighted by atomic mass is 16.5. The summed E-state index contributed by atoms with van der Waals surface area (Å²) in [5.74, 6) is 1.93. The summed E-state index contributed by atoms with van der Waals surface area (Å²) < 4.78 is 11.3. The van der Waals surface area contributed by atoms with Gasteiger partial charge in [0.25, 0.3) is 0 Å². The summed E-state index contributed by atoms with van der Waals surface area (Å²) in [4.78, 5) is 4.48. The van der Waals surface area contributed by atoms with Crippen molar-refractivity contribution in [3.8, 4) is 17.4 Å². The van der Waals surface area contributed by atoms with E-state index in [2.05, 4.69) is 18.8 Å². The molecule has 0 atom stereocenters. The number of pyridine rings is 1. The maximum absolute atomic E-state index is 5.89. The largest absolute Gasteiger partial charge is 0.493 e. The van der Waals surface area contributed by atoms with E-state index in [9.17, 15) is 0 Å². The minimum absolute atomic E-state index is 0.470. The Kier molecular flexibility index (Phi) is 5.17. The topological polar surface area (TPSA) is 57.4 Å². The van der Waals surface area contributed by atoms with Crippen LogP contribution in [-0.4, -0.2) is 12.1 Å². The lowest BCUT2D eigenvalue weighted by molar-refractivity contribution is 0.373. The molecular formula is C17H22N2O2. The van der Waals surface area contributed by atoms with Gasteiger partial charge in [-0.05, 0) is 42.2 Å². The molecule has 2 rings (SSSR count). The van der Waals surface area contributed by atoms with Crippen molar-refractivity contribution in [3.63, 3.8) is 0 Å². The Labute approximate surface area is 125 Å². The van der Waals surface area contributed by atoms with Gasteiger partial charge in [0.15, 0.2) is 11.5 Å². The van der Waals surface area contributed by atoms with Crippen LogP contribution in [0.3, 0.4) is 0 Å². The van der Waals surface area contributed by atoms with E-state index in [1.54, 1.807) is 7.11 Å². The molecule has 0 aliphatic carbocycles. The van der Waals surface area contributed by atoms with Crippen LogP contribution in [0.15, 0.2) is 30.3 Å². The maximum Gasteiger partial charge on any atom is 0.219 e. The van der Waals surface area contributed by atoms with Gasteiger partial charge in [-0.2, -0.15) is 0 Å². The second-order valence-corrected chi connectivity index (χ2v) is 4.80. The molecule has 2 aromatic rings. The minimum Gasteiger partial charge on any atom is -0.493 e. The van der Waals surface area contributed by atoms with E-state index in [1.165, 1.54) is 5.56 Å². The van der Waals surface area contributed by atoms with E-state index >= 15 is 0 Å². The summed E-state index contributed by atoms with van der Waals surface area (Å²) in [7, 11) is 1.64. The normalized spacial score (nSPS) is 10.5. The van der Waals surface area contributed by atoms with Crippen LogP contribution >= 0.6 is 0 Å². The smallest absolute Gasteiger partial charge is 0.219 e. The Hall–Kier alpha value is -2.07. The number of aromatic nitrogens is 1. The van der Waals surface area contributed by atoms with Crippen molar-refractivity contribution < 1.29 is 9.47 Å². The Balaban J connectivity index is 2.33. The summed E-state index contributed by atoms with van der Waals surface area (Å²) in [6.07, 6.45) is 1.80. The average molecular weight is 286 g/mol. The molecule has 0 amide bonds. The average Bonchev–Trinajstić information content (AvgIpc) is 2.54. The van der Waals surface area contributed by atoms with Crippen LogP contribution in [0.2, 0.25) is 0 Å². The quantitative estimate of drug-likeness (QED) is 0.883. The fourth-order valence-corrected chi connectivity index (χ4v) is 2.10. The number of hydrogen-bond donors (Lipinski definition) is 1. The van der Waals surface area contributed by atoms with Crippen molar-refractivity contribution in [1.29, 1.82) is 0 Å². The summed E-state index contributed by atoms with van der Waals surface area (Å²) in [6.45, 7) is 4.63. The van der Waals surface area contributed by atoms with Crippen molar-refractivity contribution in [3.05, 3.63) is 47.2 Å².